The number of halogens is 1. The molecule has 7 nitrogen and oxygen atoms in total. The van der Waals surface area contributed by atoms with Crippen LogP contribution in [-0.4, -0.2) is 49.3 Å². The third kappa shape index (κ3) is 10.7. The highest BCUT2D eigenvalue weighted by Crippen LogP contribution is 2.44. The normalized spacial score (nSPS) is 23.1. The minimum atomic E-state index is -0.731. The van der Waals surface area contributed by atoms with E-state index in [1.807, 2.05) is 116 Å². The molecule has 7 atom stereocenters. The van der Waals surface area contributed by atoms with Crippen LogP contribution in [0.5, 0.6) is 11.5 Å². The third-order valence-corrected chi connectivity index (χ3v) is 11.7. The Balaban J connectivity index is 1.29. The number of benzene rings is 5. The van der Waals surface area contributed by atoms with Crippen LogP contribution >= 0.6 is 11.6 Å². The maximum atomic E-state index is 11.1. The standard InChI is InChI=1S/C49H55ClO7/c1-3-38-22-23-39(38)33-53-44-28-43(50)40(26-34-20-24-41(25-21-34)52-4-2)27-42(44)46-48(55-31-36-16-10-6-11-17-36)49(56-32-37-18-12-7-13-19-37)47(45(29-51)57-46)54-30-35-14-8-5-9-15-35/h5-21,24-25,27-28,38-39,45-49,51H,3-4,22-23,26,29-33H2,1-2H3. The molecule has 0 spiro atoms. The molecule has 1 heterocycles. The molecular formula is C49H55ClO7. The van der Waals surface area contributed by atoms with Crippen LogP contribution < -0.4 is 9.47 Å². The highest BCUT2D eigenvalue weighted by molar-refractivity contribution is 6.31. The quantitative estimate of drug-likeness (QED) is 0.0893. The van der Waals surface area contributed by atoms with E-state index in [0.29, 0.717) is 62.1 Å². The topological polar surface area (TPSA) is 75.6 Å². The summed E-state index contributed by atoms with van der Waals surface area (Å²) in [7, 11) is 0. The van der Waals surface area contributed by atoms with Gasteiger partial charge < -0.3 is 33.5 Å². The fourth-order valence-corrected chi connectivity index (χ4v) is 8.19. The van der Waals surface area contributed by atoms with Crippen LogP contribution in [0, 0.1) is 11.8 Å². The van der Waals surface area contributed by atoms with Crippen molar-refractivity contribution >= 4 is 11.6 Å². The molecule has 7 rings (SSSR count). The molecule has 1 aliphatic carbocycles. The maximum Gasteiger partial charge on any atom is 0.126 e. The molecule has 1 aliphatic heterocycles. The van der Waals surface area contributed by atoms with Crippen molar-refractivity contribution in [1.29, 1.82) is 0 Å². The zero-order valence-electron chi connectivity index (χ0n) is 33.0. The molecule has 8 heteroatoms. The molecule has 1 N–H and O–H groups in total. The first kappa shape index (κ1) is 41.0. The van der Waals surface area contributed by atoms with Crippen molar-refractivity contribution in [3.63, 3.8) is 0 Å². The fourth-order valence-electron chi connectivity index (χ4n) is 7.97. The highest BCUT2D eigenvalue weighted by Gasteiger charge is 2.49. The van der Waals surface area contributed by atoms with E-state index in [0.717, 1.165) is 52.0 Å². The van der Waals surface area contributed by atoms with E-state index in [2.05, 4.69) is 25.1 Å². The monoisotopic (exact) mass is 790 g/mol. The molecule has 0 radical (unpaired) electrons. The van der Waals surface area contributed by atoms with Gasteiger partial charge in [-0.2, -0.15) is 0 Å². The van der Waals surface area contributed by atoms with Crippen molar-refractivity contribution in [1.82, 2.24) is 0 Å². The predicted octanol–water partition coefficient (Wildman–Crippen LogP) is 10.3. The Labute approximate surface area is 342 Å². The number of hydrogen-bond acceptors (Lipinski definition) is 7. The summed E-state index contributed by atoms with van der Waals surface area (Å²) in [5.74, 6) is 2.60. The third-order valence-electron chi connectivity index (χ3n) is 11.3. The number of rotatable bonds is 19. The van der Waals surface area contributed by atoms with Crippen LogP contribution in [0.25, 0.3) is 0 Å². The van der Waals surface area contributed by atoms with Crippen molar-refractivity contribution in [3.8, 4) is 11.5 Å². The van der Waals surface area contributed by atoms with Crippen LogP contribution in [0.3, 0.4) is 0 Å². The second kappa shape index (κ2) is 20.5. The molecule has 0 aromatic heterocycles. The minimum Gasteiger partial charge on any atom is -0.494 e. The van der Waals surface area contributed by atoms with E-state index in [1.165, 1.54) is 6.42 Å². The van der Waals surface area contributed by atoms with Gasteiger partial charge in [-0.1, -0.05) is 128 Å². The lowest BCUT2D eigenvalue weighted by Gasteiger charge is -2.46. The van der Waals surface area contributed by atoms with E-state index < -0.39 is 30.5 Å². The van der Waals surface area contributed by atoms with Gasteiger partial charge in [-0.15, -0.1) is 0 Å². The van der Waals surface area contributed by atoms with Gasteiger partial charge in [0.05, 0.1) is 39.6 Å². The van der Waals surface area contributed by atoms with Crippen molar-refractivity contribution in [3.05, 3.63) is 166 Å². The summed E-state index contributed by atoms with van der Waals surface area (Å²) < 4.78 is 40.0. The summed E-state index contributed by atoms with van der Waals surface area (Å²) >= 11 is 7.13. The number of aliphatic hydroxyl groups excluding tert-OH is 1. The van der Waals surface area contributed by atoms with Crippen molar-refractivity contribution < 1.29 is 33.5 Å². The van der Waals surface area contributed by atoms with Gasteiger partial charge in [0.2, 0.25) is 0 Å². The van der Waals surface area contributed by atoms with E-state index in [1.54, 1.807) is 0 Å². The Kier molecular flexibility index (Phi) is 14.7. The molecule has 0 bridgehead atoms. The number of hydrogen-bond donors (Lipinski definition) is 1. The molecule has 2 fully saturated rings. The second-order valence-electron chi connectivity index (χ2n) is 15.1. The molecule has 5 aromatic rings. The lowest BCUT2D eigenvalue weighted by molar-refractivity contribution is -0.272. The maximum absolute atomic E-state index is 11.1. The lowest BCUT2D eigenvalue weighted by Crippen LogP contribution is -2.58. The van der Waals surface area contributed by atoms with E-state index in [-0.39, 0.29) is 6.61 Å². The molecule has 300 valence electrons. The molecule has 57 heavy (non-hydrogen) atoms. The fraction of sp³-hybridized carbons (Fsp3) is 0.388. The Morgan fingerprint density at radius 3 is 1.72 bits per heavy atom. The van der Waals surface area contributed by atoms with Gasteiger partial charge in [0, 0.05) is 10.6 Å². The minimum absolute atomic E-state index is 0.282. The summed E-state index contributed by atoms with van der Waals surface area (Å²) in [5.41, 5.74) is 5.86. The van der Waals surface area contributed by atoms with Gasteiger partial charge in [-0.25, -0.2) is 0 Å². The molecule has 7 unspecified atom stereocenters. The van der Waals surface area contributed by atoms with Gasteiger partial charge in [-0.05, 0) is 90.1 Å². The predicted molar refractivity (Wildman–Crippen MR) is 224 cm³/mol. The first-order valence-electron chi connectivity index (χ1n) is 20.4. The smallest absolute Gasteiger partial charge is 0.126 e. The molecule has 2 aliphatic rings. The van der Waals surface area contributed by atoms with Crippen LogP contribution in [0.1, 0.15) is 72.6 Å². The Hall–Kier alpha value is -4.21. The molecule has 1 saturated heterocycles. The van der Waals surface area contributed by atoms with E-state index in [9.17, 15) is 5.11 Å². The molecular weight excluding hydrogens is 736 g/mol. The van der Waals surface area contributed by atoms with Gasteiger partial charge in [0.25, 0.3) is 0 Å². The summed E-state index contributed by atoms with van der Waals surface area (Å²) in [6.07, 6.45) is 0.702. The van der Waals surface area contributed by atoms with Gasteiger partial charge in [0.1, 0.15) is 42.0 Å². The van der Waals surface area contributed by atoms with E-state index >= 15 is 0 Å². The lowest BCUT2D eigenvalue weighted by atomic mass is 9.73. The molecule has 5 aromatic carbocycles. The molecule has 1 saturated carbocycles. The van der Waals surface area contributed by atoms with Crippen LogP contribution in [0.2, 0.25) is 5.02 Å². The Morgan fingerprint density at radius 2 is 1.19 bits per heavy atom. The highest BCUT2D eigenvalue weighted by atomic mass is 35.5. The van der Waals surface area contributed by atoms with Crippen LogP contribution in [-0.2, 0) is 45.2 Å². The SMILES string of the molecule is CCOc1ccc(Cc2cc(C3OC(CO)C(OCc4ccccc4)C(OCc4ccccc4)C3OCc3ccccc3)c(OCC3CCC3CC)cc2Cl)cc1. The van der Waals surface area contributed by atoms with Crippen LogP contribution in [0.15, 0.2) is 127 Å². The van der Waals surface area contributed by atoms with Gasteiger partial charge in [-0.3, -0.25) is 0 Å². The second-order valence-corrected chi connectivity index (χ2v) is 15.5. The van der Waals surface area contributed by atoms with Crippen molar-refractivity contribution in [2.45, 2.75) is 89.9 Å². The van der Waals surface area contributed by atoms with E-state index in [4.69, 9.17) is 40.0 Å². The summed E-state index contributed by atoms with van der Waals surface area (Å²) in [5, 5.41) is 11.7. The summed E-state index contributed by atoms with van der Waals surface area (Å²) in [6, 6.07) is 42.4. The average Bonchev–Trinajstić information content (AvgIpc) is 3.24. The van der Waals surface area contributed by atoms with Crippen molar-refractivity contribution in [2.75, 3.05) is 19.8 Å². The van der Waals surface area contributed by atoms with Crippen LogP contribution in [0.4, 0.5) is 0 Å². The molecule has 0 amide bonds. The van der Waals surface area contributed by atoms with Crippen molar-refractivity contribution in [2.24, 2.45) is 11.8 Å². The summed E-state index contributed by atoms with van der Waals surface area (Å²) in [4.78, 5) is 0. The average molecular weight is 791 g/mol. The number of aliphatic hydroxyl groups is 1. The first-order valence-corrected chi connectivity index (χ1v) is 20.8. The van der Waals surface area contributed by atoms with Gasteiger partial charge >= 0.3 is 0 Å². The zero-order valence-corrected chi connectivity index (χ0v) is 33.8. The zero-order chi connectivity index (χ0) is 39.4. The first-order chi connectivity index (χ1) is 28.0. The largest absolute Gasteiger partial charge is 0.494 e. The Morgan fingerprint density at radius 1 is 0.632 bits per heavy atom. The van der Waals surface area contributed by atoms with Gasteiger partial charge in [0.15, 0.2) is 0 Å². The number of ether oxygens (including phenoxy) is 6. The summed E-state index contributed by atoms with van der Waals surface area (Å²) in [6.45, 7) is 6.08. The Bertz CT molecular complexity index is 1940.